The normalized spacial score (nSPS) is 10.0. The highest BCUT2D eigenvalue weighted by molar-refractivity contribution is 6.30. The Hall–Kier alpha value is -2.12. The third-order valence-corrected chi connectivity index (χ3v) is 3.18. The summed E-state index contributed by atoms with van der Waals surface area (Å²) >= 11 is 5.78. The molecule has 8 heteroatoms. The zero-order valence-corrected chi connectivity index (χ0v) is 13.7. The molecule has 0 aliphatic carbocycles. The lowest BCUT2D eigenvalue weighted by atomic mass is 10.3. The molecule has 3 amide bonds. The summed E-state index contributed by atoms with van der Waals surface area (Å²) in [6.45, 7) is 1.87. The third kappa shape index (κ3) is 7.12. The van der Waals surface area contributed by atoms with Gasteiger partial charge in [-0.2, -0.15) is 0 Å². The predicted octanol–water partition coefficient (Wildman–Crippen LogP) is 0.592. The topological polar surface area (TPSA) is 105 Å². The van der Waals surface area contributed by atoms with Gasteiger partial charge in [0.25, 0.3) is 0 Å². The van der Waals surface area contributed by atoms with Crippen molar-refractivity contribution in [1.29, 1.82) is 0 Å². The van der Waals surface area contributed by atoms with Crippen LogP contribution in [0.1, 0.15) is 13.3 Å². The van der Waals surface area contributed by atoms with Crippen LogP contribution >= 0.6 is 11.6 Å². The number of carbonyl (C=O) groups excluding carboxylic acids is 3. The van der Waals surface area contributed by atoms with E-state index in [0.29, 0.717) is 23.7 Å². The number of rotatable bonds is 8. The number of nitrogens with two attached hydrogens (primary N) is 1. The molecule has 0 saturated heterocycles. The number of benzene rings is 1. The average molecular weight is 341 g/mol. The second-order valence-corrected chi connectivity index (χ2v) is 5.29. The first kappa shape index (κ1) is 18.9. The summed E-state index contributed by atoms with van der Waals surface area (Å²) in [6, 6.07) is 6.67. The SMILES string of the molecule is CCCN(CC(=O)Nc1ccc(Cl)cc1)C(=O)CNC(=O)CN. The number of anilines is 1. The molecular formula is C15H21ClN4O3. The highest BCUT2D eigenvalue weighted by Crippen LogP contribution is 2.13. The molecule has 126 valence electrons. The van der Waals surface area contributed by atoms with Gasteiger partial charge in [-0.1, -0.05) is 18.5 Å². The molecule has 0 aliphatic heterocycles. The first-order chi connectivity index (χ1) is 11.0. The molecule has 1 aromatic carbocycles. The van der Waals surface area contributed by atoms with E-state index in [-0.39, 0.29) is 31.4 Å². The summed E-state index contributed by atoms with van der Waals surface area (Å²) in [5, 5.41) is 5.66. The summed E-state index contributed by atoms with van der Waals surface area (Å²) in [6.07, 6.45) is 0.699. The van der Waals surface area contributed by atoms with Crippen LogP contribution in [-0.2, 0) is 14.4 Å². The van der Waals surface area contributed by atoms with Gasteiger partial charge >= 0.3 is 0 Å². The number of nitrogens with one attached hydrogen (secondary N) is 2. The highest BCUT2D eigenvalue weighted by atomic mass is 35.5. The second-order valence-electron chi connectivity index (χ2n) is 4.85. The van der Waals surface area contributed by atoms with Crippen LogP contribution in [0.25, 0.3) is 0 Å². The molecule has 0 fully saturated rings. The van der Waals surface area contributed by atoms with Crippen LogP contribution in [0.15, 0.2) is 24.3 Å². The van der Waals surface area contributed by atoms with E-state index in [1.54, 1.807) is 24.3 Å². The van der Waals surface area contributed by atoms with Crippen LogP contribution in [0.5, 0.6) is 0 Å². The van der Waals surface area contributed by atoms with Crippen molar-refractivity contribution < 1.29 is 14.4 Å². The van der Waals surface area contributed by atoms with Crippen LogP contribution in [0.3, 0.4) is 0 Å². The van der Waals surface area contributed by atoms with Crippen LogP contribution in [0, 0.1) is 0 Å². The third-order valence-electron chi connectivity index (χ3n) is 2.93. The average Bonchev–Trinajstić information content (AvgIpc) is 2.54. The van der Waals surface area contributed by atoms with Gasteiger partial charge in [0, 0.05) is 17.3 Å². The first-order valence-corrected chi connectivity index (χ1v) is 7.64. The lowest BCUT2D eigenvalue weighted by Crippen LogP contribution is -2.45. The fourth-order valence-electron chi connectivity index (χ4n) is 1.83. The van der Waals surface area contributed by atoms with E-state index >= 15 is 0 Å². The minimum Gasteiger partial charge on any atom is -0.346 e. The fraction of sp³-hybridized carbons (Fsp3) is 0.400. The van der Waals surface area contributed by atoms with Gasteiger partial charge in [0.2, 0.25) is 17.7 Å². The van der Waals surface area contributed by atoms with Crippen molar-refractivity contribution in [2.24, 2.45) is 5.73 Å². The van der Waals surface area contributed by atoms with Gasteiger partial charge in [-0.15, -0.1) is 0 Å². The molecule has 23 heavy (non-hydrogen) atoms. The van der Waals surface area contributed by atoms with Gasteiger partial charge in [0.15, 0.2) is 0 Å². The van der Waals surface area contributed by atoms with Crippen LogP contribution < -0.4 is 16.4 Å². The zero-order chi connectivity index (χ0) is 17.2. The maximum atomic E-state index is 12.1. The van der Waals surface area contributed by atoms with E-state index in [1.165, 1.54) is 4.90 Å². The van der Waals surface area contributed by atoms with Crippen molar-refractivity contribution in [3.63, 3.8) is 0 Å². The Labute approximate surface area is 140 Å². The Kier molecular flexibility index (Phi) is 8.07. The Morgan fingerprint density at radius 3 is 2.39 bits per heavy atom. The van der Waals surface area contributed by atoms with Crippen LogP contribution in [0.4, 0.5) is 5.69 Å². The monoisotopic (exact) mass is 340 g/mol. The molecule has 0 aliphatic rings. The van der Waals surface area contributed by atoms with Crippen molar-refractivity contribution >= 4 is 35.0 Å². The predicted molar refractivity (Wildman–Crippen MR) is 89.0 cm³/mol. The van der Waals surface area contributed by atoms with E-state index in [9.17, 15) is 14.4 Å². The molecule has 0 saturated carbocycles. The summed E-state index contributed by atoms with van der Waals surface area (Å²) in [4.78, 5) is 36.6. The van der Waals surface area contributed by atoms with Crippen LogP contribution in [0.2, 0.25) is 5.02 Å². The van der Waals surface area contributed by atoms with Gasteiger partial charge in [-0.05, 0) is 30.7 Å². The number of halogens is 1. The van der Waals surface area contributed by atoms with Gasteiger partial charge in [0.05, 0.1) is 19.6 Å². The van der Waals surface area contributed by atoms with E-state index in [2.05, 4.69) is 10.6 Å². The highest BCUT2D eigenvalue weighted by Gasteiger charge is 2.17. The number of hydrogen-bond donors (Lipinski definition) is 3. The molecule has 4 N–H and O–H groups in total. The molecule has 0 radical (unpaired) electrons. The Balaban J connectivity index is 2.56. The standard InChI is InChI=1S/C15H21ClN4O3/c1-2-7-20(15(23)9-18-13(21)8-17)10-14(22)19-12-5-3-11(16)4-6-12/h3-6H,2,7-10,17H2,1H3,(H,18,21)(H,19,22). The van der Waals surface area contributed by atoms with Gasteiger partial charge < -0.3 is 21.3 Å². The summed E-state index contributed by atoms with van der Waals surface area (Å²) in [5.74, 6) is -1.07. The van der Waals surface area contributed by atoms with Crippen molar-refractivity contribution in [1.82, 2.24) is 10.2 Å². The Morgan fingerprint density at radius 1 is 1.17 bits per heavy atom. The van der Waals surface area contributed by atoms with Gasteiger partial charge in [0.1, 0.15) is 0 Å². The maximum absolute atomic E-state index is 12.1. The molecule has 0 bridgehead atoms. The number of amides is 3. The number of nitrogens with zero attached hydrogens (tertiary/aromatic N) is 1. The maximum Gasteiger partial charge on any atom is 0.243 e. The van der Waals surface area contributed by atoms with Gasteiger partial charge in [-0.25, -0.2) is 0 Å². The molecule has 7 nitrogen and oxygen atoms in total. The smallest absolute Gasteiger partial charge is 0.243 e. The molecule has 1 rings (SSSR count). The Morgan fingerprint density at radius 2 is 1.83 bits per heavy atom. The van der Waals surface area contributed by atoms with Crippen molar-refractivity contribution in [2.75, 3.05) is 31.5 Å². The molecule has 0 unspecified atom stereocenters. The zero-order valence-electron chi connectivity index (χ0n) is 13.0. The molecule has 1 aromatic rings. The van der Waals surface area contributed by atoms with Crippen LogP contribution in [-0.4, -0.2) is 48.8 Å². The Bertz CT molecular complexity index is 548. The van der Waals surface area contributed by atoms with E-state index in [0.717, 1.165) is 0 Å². The lowest BCUT2D eigenvalue weighted by Gasteiger charge is -2.21. The number of hydrogen-bond acceptors (Lipinski definition) is 4. The summed E-state index contributed by atoms with van der Waals surface area (Å²) < 4.78 is 0. The van der Waals surface area contributed by atoms with E-state index in [1.807, 2.05) is 6.92 Å². The summed E-state index contributed by atoms with van der Waals surface area (Å²) in [7, 11) is 0. The summed E-state index contributed by atoms with van der Waals surface area (Å²) in [5.41, 5.74) is 5.76. The minimum absolute atomic E-state index is 0.0895. The first-order valence-electron chi connectivity index (χ1n) is 7.26. The second kappa shape index (κ2) is 9.81. The van der Waals surface area contributed by atoms with E-state index in [4.69, 9.17) is 17.3 Å². The largest absolute Gasteiger partial charge is 0.346 e. The number of carbonyl (C=O) groups is 3. The van der Waals surface area contributed by atoms with Gasteiger partial charge in [-0.3, -0.25) is 14.4 Å². The molecular weight excluding hydrogens is 320 g/mol. The quantitative estimate of drug-likeness (QED) is 0.644. The van der Waals surface area contributed by atoms with E-state index < -0.39 is 5.91 Å². The molecule has 0 aromatic heterocycles. The van der Waals surface area contributed by atoms with Crippen molar-refractivity contribution in [3.8, 4) is 0 Å². The molecule has 0 atom stereocenters. The van der Waals surface area contributed by atoms with Crippen molar-refractivity contribution in [3.05, 3.63) is 29.3 Å². The van der Waals surface area contributed by atoms with Crippen molar-refractivity contribution in [2.45, 2.75) is 13.3 Å². The fourth-order valence-corrected chi connectivity index (χ4v) is 1.95. The molecule has 0 spiro atoms. The minimum atomic E-state index is -0.416. The lowest BCUT2D eigenvalue weighted by molar-refractivity contribution is -0.135. The molecule has 0 heterocycles.